The molecule has 7 nitrogen and oxygen atoms in total. The first kappa shape index (κ1) is 14.2. The van der Waals surface area contributed by atoms with Gasteiger partial charge in [0, 0.05) is 17.8 Å². The van der Waals surface area contributed by atoms with Crippen LogP contribution < -0.4 is 16.6 Å². The SMILES string of the molecule is CCc1cc2c(=O)n(CCC(=O)NC(N)=O)cnc2s1. The van der Waals surface area contributed by atoms with Gasteiger partial charge in [0.25, 0.3) is 5.56 Å². The highest BCUT2D eigenvalue weighted by molar-refractivity contribution is 7.18. The highest BCUT2D eigenvalue weighted by Gasteiger charge is 2.10. The van der Waals surface area contributed by atoms with Crippen molar-refractivity contribution in [1.29, 1.82) is 0 Å². The number of rotatable bonds is 4. The molecule has 0 fully saturated rings. The van der Waals surface area contributed by atoms with Crippen LogP contribution in [0.25, 0.3) is 10.2 Å². The first-order valence-electron chi connectivity index (χ1n) is 6.08. The number of amides is 3. The van der Waals surface area contributed by atoms with E-state index in [0.29, 0.717) is 10.2 Å². The van der Waals surface area contributed by atoms with Crippen LogP contribution >= 0.6 is 11.3 Å². The van der Waals surface area contributed by atoms with Crippen LogP contribution in [0.3, 0.4) is 0 Å². The number of primary amides is 1. The highest BCUT2D eigenvalue weighted by Crippen LogP contribution is 2.20. The Bertz CT molecular complexity index is 719. The summed E-state index contributed by atoms with van der Waals surface area (Å²) in [5.41, 5.74) is 4.65. The van der Waals surface area contributed by atoms with Crippen molar-refractivity contribution in [3.05, 3.63) is 27.6 Å². The first-order valence-corrected chi connectivity index (χ1v) is 6.90. The van der Waals surface area contributed by atoms with Gasteiger partial charge < -0.3 is 5.73 Å². The summed E-state index contributed by atoms with van der Waals surface area (Å²) in [4.78, 5) is 40.0. The van der Waals surface area contributed by atoms with Crippen LogP contribution in [0.2, 0.25) is 0 Å². The minimum atomic E-state index is -0.902. The van der Waals surface area contributed by atoms with Gasteiger partial charge in [0.15, 0.2) is 0 Å². The zero-order chi connectivity index (χ0) is 14.7. The third-order valence-corrected chi connectivity index (χ3v) is 3.95. The van der Waals surface area contributed by atoms with E-state index in [1.807, 2.05) is 18.3 Å². The number of thiophene rings is 1. The van der Waals surface area contributed by atoms with Gasteiger partial charge in [-0.15, -0.1) is 11.3 Å². The summed E-state index contributed by atoms with van der Waals surface area (Å²) in [5, 5.41) is 2.51. The van der Waals surface area contributed by atoms with Crippen molar-refractivity contribution in [2.75, 3.05) is 0 Å². The molecule has 106 valence electrons. The molecule has 0 atom stereocenters. The number of carbonyl (C=O) groups excluding carboxylic acids is 2. The molecule has 0 aliphatic heterocycles. The summed E-state index contributed by atoms with van der Waals surface area (Å²) in [6.45, 7) is 2.16. The second-order valence-corrected chi connectivity index (χ2v) is 5.31. The zero-order valence-corrected chi connectivity index (χ0v) is 11.7. The van der Waals surface area contributed by atoms with E-state index in [0.717, 1.165) is 11.3 Å². The van der Waals surface area contributed by atoms with Crippen molar-refractivity contribution in [1.82, 2.24) is 14.9 Å². The summed E-state index contributed by atoms with van der Waals surface area (Å²) >= 11 is 1.49. The third kappa shape index (κ3) is 3.02. The molecule has 0 aliphatic rings. The number of urea groups is 1. The first-order chi connectivity index (χ1) is 9.51. The van der Waals surface area contributed by atoms with Gasteiger partial charge in [0.1, 0.15) is 4.83 Å². The van der Waals surface area contributed by atoms with E-state index < -0.39 is 11.9 Å². The molecule has 0 spiro atoms. The predicted molar refractivity (Wildman–Crippen MR) is 75.6 cm³/mol. The molecule has 8 heteroatoms. The van der Waals surface area contributed by atoms with Crippen LogP contribution in [0.1, 0.15) is 18.2 Å². The Morgan fingerprint density at radius 2 is 2.25 bits per heavy atom. The quantitative estimate of drug-likeness (QED) is 0.861. The fourth-order valence-electron chi connectivity index (χ4n) is 1.77. The number of fused-ring (bicyclic) bond motifs is 1. The molecule has 3 N–H and O–H groups in total. The molecule has 0 radical (unpaired) electrons. The van der Waals surface area contributed by atoms with E-state index in [1.54, 1.807) is 0 Å². The van der Waals surface area contributed by atoms with Gasteiger partial charge in [-0.2, -0.15) is 0 Å². The van der Waals surface area contributed by atoms with Crippen LogP contribution in [-0.4, -0.2) is 21.5 Å². The van der Waals surface area contributed by atoms with Gasteiger partial charge in [0.05, 0.1) is 11.7 Å². The van der Waals surface area contributed by atoms with Gasteiger partial charge in [-0.05, 0) is 12.5 Å². The van der Waals surface area contributed by atoms with Crippen molar-refractivity contribution >= 4 is 33.5 Å². The fraction of sp³-hybridized carbons (Fsp3) is 0.333. The second kappa shape index (κ2) is 5.83. The monoisotopic (exact) mass is 294 g/mol. The number of nitrogens with two attached hydrogens (primary N) is 1. The number of hydrogen-bond donors (Lipinski definition) is 2. The zero-order valence-electron chi connectivity index (χ0n) is 10.9. The molecule has 2 aromatic rings. The highest BCUT2D eigenvalue weighted by atomic mass is 32.1. The molecule has 0 bridgehead atoms. The van der Waals surface area contributed by atoms with Gasteiger partial charge in [0.2, 0.25) is 5.91 Å². The average Bonchev–Trinajstić information content (AvgIpc) is 2.81. The maximum Gasteiger partial charge on any atom is 0.318 e. The Morgan fingerprint density at radius 1 is 1.50 bits per heavy atom. The number of nitrogens with zero attached hydrogens (tertiary/aromatic N) is 2. The molecule has 0 aliphatic carbocycles. The Balaban J connectivity index is 2.19. The van der Waals surface area contributed by atoms with Gasteiger partial charge in [-0.3, -0.25) is 19.5 Å². The molecule has 2 rings (SSSR count). The summed E-state index contributed by atoms with van der Waals surface area (Å²) < 4.78 is 1.36. The van der Waals surface area contributed by atoms with Crippen LogP contribution in [0.15, 0.2) is 17.2 Å². The predicted octanol–water partition coefficient (Wildman–Crippen LogP) is 0.605. The molecule has 0 saturated carbocycles. The number of hydrogen-bond acceptors (Lipinski definition) is 5. The average molecular weight is 294 g/mol. The Kier molecular flexibility index (Phi) is 4.14. The number of aromatic nitrogens is 2. The molecule has 0 unspecified atom stereocenters. The molecular formula is C12H14N4O3S. The maximum atomic E-state index is 12.2. The largest absolute Gasteiger partial charge is 0.351 e. The molecule has 3 amide bonds. The van der Waals surface area contributed by atoms with E-state index >= 15 is 0 Å². The van der Waals surface area contributed by atoms with Crippen LogP contribution in [0.5, 0.6) is 0 Å². The minimum absolute atomic E-state index is 0.0131. The van der Waals surface area contributed by atoms with Crippen molar-refractivity contribution < 1.29 is 9.59 Å². The standard InChI is InChI=1S/C12H14N4O3S/c1-2-7-5-8-10(20-7)14-6-16(11(8)18)4-3-9(17)15-12(13)19/h5-6H,2-4H2,1H3,(H3,13,15,17,19). The third-order valence-electron chi connectivity index (χ3n) is 2.76. The fourth-order valence-corrected chi connectivity index (χ4v) is 2.69. The summed E-state index contributed by atoms with van der Waals surface area (Å²) in [7, 11) is 0. The number of imide groups is 1. The van der Waals surface area contributed by atoms with E-state index in [-0.39, 0.29) is 18.5 Å². The van der Waals surface area contributed by atoms with Gasteiger partial charge in [-0.1, -0.05) is 6.92 Å². The van der Waals surface area contributed by atoms with Gasteiger partial charge >= 0.3 is 6.03 Å². The number of carbonyl (C=O) groups is 2. The lowest BCUT2D eigenvalue weighted by atomic mass is 10.3. The van der Waals surface area contributed by atoms with Crippen molar-refractivity contribution in [2.45, 2.75) is 26.3 Å². The molecular weight excluding hydrogens is 280 g/mol. The van der Waals surface area contributed by atoms with Crippen molar-refractivity contribution in [3.63, 3.8) is 0 Å². The Morgan fingerprint density at radius 3 is 2.90 bits per heavy atom. The Labute approximate surface area is 118 Å². The molecule has 2 heterocycles. The second-order valence-electron chi connectivity index (χ2n) is 4.19. The van der Waals surface area contributed by atoms with Crippen LogP contribution in [0, 0.1) is 0 Å². The molecule has 0 saturated heterocycles. The van der Waals surface area contributed by atoms with E-state index in [9.17, 15) is 14.4 Å². The maximum absolute atomic E-state index is 12.2. The normalized spacial score (nSPS) is 10.7. The Hall–Kier alpha value is -2.22. The smallest absolute Gasteiger partial charge is 0.318 e. The van der Waals surface area contributed by atoms with Crippen molar-refractivity contribution in [2.24, 2.45) is 5.73 Å². The summed E-state index contributed by atoms with van der Waals surface area (Å²) in [6.07, 6.45) is 2.25. The summed E-state index contributed by atoms with van der Waals surface area (Å²) in [5.74, 6) is -0.524. The molecule has 20 heavy (non-hydrogen) atoms. The summed E-state index contributed by atoms with van der Waals surface area (Å²) in [6, 6.07) is 0.927. The minimum Gasteiger partial charge on any atom is -0.351 e. The van der Waals surface area contributed by atoms with E-state index in [4.69, 9.17) is 5.73 Å². The van der Waals surface area contributed by atoms with Crippen LogP contribution in [0.4, 0.5) is 4.79 Å². The van der Waals surface area contributed by atoms with E-state index in [2.05, 4.69) is 4.98 Å². The number of nitrogens with one attached hydrogen (secondary N) is 1. The lowest BCUT2D eigenvalue weighted by molar-refractivity contribution is -0.120. The molecule has 0 aromatic carbocycles. The number of aryl methyl sites for hydroxylation is 2. The molecule has 2 aromatic heterocycles. The lowest BCUT2D eigenvalue weighted by Crippen LogP contribution is -2.36. The van der Waals surface area contributed by atoms with E-state index in [1.165, 1.54) is 22.2 Å². The van der Waals surface area contributed by atoms with Gasteiger partial charge in [-0.25, -0.2) is 9.78 Å². The topological polar surface area (TPSA) is 107 Å². The lowest BCUT2D eigenvalue weighted by Gasteiger charge is -2.04. The van der Waals surface area contributed by atoms with Crippen LogP contribution in [-0.2, 0) is 17.8 Å². The van der Waals surface area contributed by atoms with Crippen molar-refractivity contribution in [3.8, 4) is 0 Å².